The molecule has 4 heteroatoms. The monoisotopic (exact) mass is 352 g/mol. The lowest BCUT2D eigenvalue weighted by molar-refractivity contribution is 1.18. The topological polar surface area (TPSA) is 24.9 Å². The van der Waals surface area contributed by atoms with Gasteiger partial charge in [-0.25, -0.2) is 4.98 Å². The Morgan fingerprint density at radius 2 is 2.46 bits per heavy atom. The average Bonchev–Trinajstić information content (AvgIpc) is 2.06. The molecule has 0 spiro atoms. The molecule has 0 saturated heterocycles. The van der Waals surface area contributed by atoms with Gasteiger partial charge in [0.05, 0.1) is 9.26 Å². The molecule has 0 amide bonds. The molecule has 1 aromatic rings. The molecule has 70 valence electrons. The second kappa shape index (κ2) is 4.95. The quantitative estimate of drug-likeness (QED) is 0.512. The molecule has 0 fully saturated rings. The van der Waals surface area contributed by atoms with E-state index in [2.05, 4.69) is 55.4 Å². The van der Waals surface area contributed by atoms with E-state index in [9.17, 15) is 0 Å². The highest BCUT2D eigenvalue weighted by atomic mass is 127. The molecule has 0 saturated carbocycles. The van der Waals surface area contributed by atoms with E-state index in [-0.39, 0.29) is 0 Å². The van der Waals surface area contributed by atoms with Gasteiger partial charge in [0.1, 0.15) is 4.60 Å². The number of rotatable bonds is 3. The number of anilines is 1. The minimum atomic E-state index is 0.798. The maximum Gasteiger partial charge on any atom is 0.108 e. The van der Waals surface area contributed by atoms with Crippen molar-refractivity contribution in [3.8, 4) is 0 Å². The van der Waals surface area contributed by atoms with Gasteiger partial charge in [-0.15, -0.1) is 0 Å². The molecule has 0 aliphatic carbocycles. The molecular weight excluding hydrogens is 343 g/mol. The van der Waals surface area contributed by atoms with Crippen LogP contribution >= 0.6 is 38.5 Å². The maximum atomic E-state index is 4.11. The lowest BCUT2D eigenvalue weighted by atomic mass is 10.3. The Morgan fingerprint density at radius 3 is 3.08 bits per heavy atom. The van der Waals surface area contributed by atoms with Crippen LogP contribution in [0.4, 0.5) is 5.69 Å². The summed E-state index contributed by atoms with van der Waals surface area (Å²) in [6, 6.07) is 1.96. The highest BCUT2D eigenvalue weighted by Gasteiger charge is 1.99. The van der Waals surface area contributed by atoms with Crippen molar-refractivity contribution in [3.63, 3.8) is 0 Å². The van der Waals surface area contributed by atoms with Gasteiger partial charge in [-0.05, 0) is 51.5 Å². The summed E-state index contributed by atoms with van der Waals surface area (Å²) in [6.45, 7) is 6.62. The van der Waals surface area contributed by atoms with Crippen LogP contribution in [0.2, 0.25) is 0 Å². The molecule has 1 heterocycles. The summed E-state index contributed by atoms with van der Waals surface area (Å²) in [5, 5.41) is 3.28. The SMILES string of the molecule is C=C(C)CNc1cc(Br)ncc1I. The third kappa shape index (κ3) is 3.64. The molecule has 0 aliphatic rings. The fourth-order valence-corrected chi connectivity index (χ4v) is 1.61. The molecule has 0 radical (unpaired) electrons. The number of hydrogen-bond donors (Lipinski definition) is 1. The van der Waals surface area contributed by atoms with Crippen molar-refractivity contribution in [1.82, 2.24) is 4.98 Å². The van der Waals surface area contributed by atoms with Gasteiger partial charge >= 0.3 is 0 Å². The molecular formula is C9H10BrIN2. The van der Waals surface area contributed by atoms with E-state index >= 15 is 0 Å². The van der Waals surface area contributed by atoms with Crippen molar-refractivity contribution in [2.24, 2.45) is 0 Å². The van der Waals surface area contributed by atoms with Crippen molar-refractivity contribution in [2.45, 2.75) is 6.92 Å². The van der Waals surface area contributed by atoms with E-state index in [1.54, 1.807) is 0 Å². The van der Waals surface area contributed by atoms with E-state index in [4.69, 9.17) is 0 Å². The number of aromatic nitrogens is 1. The number of pyridine rings is 1. The molecule has 1 rings (SSSR count). The molecule has 2 nitrogen and oxygen atoms in total. The summed E-state index contributed by atoms with van der Waals surface area (Å²) in [5.74, 6) is 0. The Balaban J connectivity index is 2.75. The van der Waals surface area contributed by atoms with Crippen LogP contribution in [0, 0.1) is 3.57 Å². The highest BCUT2D eigenvalue weighted by Crippen LogP contribution is 2.20. The van der Waals surface area contributed by atoms with Crippen LogP contribution in [0.5, 0.6) is 0 Å². The minimum absolute atomic E-state index is 0.798. The molecule has 0 bridgehead atoms. The van der Waals surface area contributed by atoms with Crippen molar-refractivity contribution in [3.05, 3.63) is 32.6 Å². The molecule has 13 heavy (non-hydrogen) atoms. The van der Waals surface area contributed by atoms with Crippen LogP contribution in [0.3, 0.4) is 0 Å². The van der Waals surface area contributed by atoms with Crippen LogP contribution in [-0.2, 0) is 0 Å². The first-order valence-corrected chi connectivity index (χ1v) is 5.66. The highest BCUT2D eigenvalue weighted by molar-refractivity contribution is 14.1. The van der Waals surface area contributed by atoms with Gasteiger partial charge in [-0.3, -0.25) is 0 Å². The lowest BCUT2D eigenvalue weighted by Gasteiger charge is -2.07. The smallest absolute Gasteiger partial charge is 0.108 e. The zero-order chi connectivity index (χ0) is 9.84. The molecule has 0 atom stereocenters. The second-order valence-corrected chi connectivity index (χ2v) is 4.77. The molecule has 1 N–H and O–H groups in total. The Hall–Kier alpha value is -0.100. The van der Waals surface area contributed by atoms with E-state index in [0.717, 1.165) is 26.0 Å². The number of halogens is 2. The standard InChI is InChI=1S/C9H10BrIN2/c1-6(2)4-12-8-3-9(10)13-5-7(8)11/h3,5H,1,4H2,2H3,(H,12,13). The summed E-state index contributed by atoms with van der Waals surface area (Å²) in [5.41, 5.74) is 2.20. The van der Waals surface area contributed by atoms with Crippen molar-refractivity contribution in [1.29, 1.82) is 0 Å². The van der Waals surface area contributed by atoms with Crippen LogP contribution in [-0.4, -0.2) is 11.5 Å². The number of hydrogen-bond acceptors (Lipinski definition) is 2. The van der Waals surface area contributed by atoms with Gasteiger partial charge in [-0.1, -0.05) is 12.2 Å². The van der Waals surface area contributed by atoms with Crippen LogP contribution < -0.4 is 5.32 Å². The third-order valence-corrected chi connectivity index (χ3v) is 2.70. The normalized spacial score (nSPS) is 9.77. The lowest BCUT2D eigenvalue weighted by Crippen LogP contribution is -2.03. The van der Waals surface area contributed by atoms with Gasteiger partial charge in [-0.2, -0.15) is 0 Å². The van der Waals surface area contributed by atoms with Crippen LogP contribution in [0.15, 0.2) is 29.0 Å². The minimum Gasteiger partial charge on any atom is -0.380 e. The van der Waals surface area contributed by atoms with Crippen molar-refractivity contribution >= 4 is 44.2 Å². The Morgan fingerprint density at radius 1 is 1.77 bits per heavy atom. The summed E-state index contributed by atoms with van der Waals surface area (Å²) >= 11 is 5.57. The summed E-state index contributed by atoms with van der Waals surface area (Å²) < 4.78 is 1.96. The summed E-state index contributed by atoms with van der Waals surface area (Å²) in [6.07, 6.45) is 1.82. The molecule has 0 unspecified atom stereocenters. The summed E-state index contributed by atoms with van der Waals surface area (Å²) in [7, 11) is 0. The van der Waals surface area contributed by atoms with Gasteiger partial charge in [0.15, 0.2) is 0 Å². The zero-order valence-corrected chi connectivity index (χ0v) is 11.0. The van der Waals surface area contributed by atoms with Gasteiger partial charge in [0, 0.05) is 12.7 Å². The van der Waals surface area contributed by atoms with E-state index in [1.807, 2.05) is 19.2 Å². The molecule has 0 aromatic carbocycles. The third-order valence-electron chi connectivity index (χ3n) is 1.40. The average molecular weight is 353 g/mol. The first-order chi connectivity index (χ1) is 6.09. The summed E-state index contributed by atoms with van der Waals surface area (Å²) in [4.78, 5) is 4.11. The maximum absolute atomic E-state index is 4.11. The van der Waals surface area contributed by atoms with Crippen molar-refractivity contribution in [2.75, 3.05) is 11.9 Å². The van der Waals surface area contributed by atoms with Gasteiger partial charge < -0.3 is 5.32 Å². The van der Waals surface area contributed by atoms with E-state index < -0.39 is 0 Å². The van der Waals surface area contributed by atoms with Gasteiger partial charge in [0.25, 0.3) is 0 Å². The Kier molecular flexibility index (Phi) is 4.18. The van der Waals surface area contributed by atoms with E-state index in [1.165, 1.54) is 0 Å². The fraction of sp³-hybridized carbons (Fsp3) is 0.222. The second-order valence-electron chi connectivity index (χ2n) is 2.80. The van der Waals surface area contributed by atoms with E-state index in [0.29, 0.717) is 0 Å². The Bertz CT molecular complexity index is 325. The Labute approximate surface area is 100 Å². The molecule has 1 aromatic heterocycles. The largest absolute Gasteiger partial charge is 0.380 e. The first-order valence-electron chi connectivity index (χ1n) is 3.79. The predicted molar refractivity (Wildman–Crippen MR) is 68.0 cm³/mol. The molecule has 0 aliphatic heterocycles. The van der Waals surface area contributed by atoms with Crippen LogP contribution in [0.25, 0.3) is 0 Å². The number of nitrogens with one attached hydrogen (secondary N) is 1. The van der Waals surface area contributed by atoms with Gasteiger partial charge in [0.2, 0.25) is 0 Å². The van der Waals surface area contributed by atoms with Crippen LogP contribution in [0.1, 0.15) is 6.92 Å². The fourth-order valence-electron chi connectivity index (χ4n) is 0.795. The number of nitrogens with zero attached hydrogens (tertiary/aromatic N) is 1. The predicted octanol–water partition coefficient (Wildman–Crippen LogP) is 3.44. The zero-order valence-electron chi connectivity index (χ0n) is 7.27. The first kappa shape index (κ1) is 11.0. The van der Waals surface area contributed by atoms with Crippen molar-refractivity contribution < 1.29 is 0 Å².